The van der Waals surface area contributed by atoms with Crippen molar-refractivity contribution >= 4 is 28.9 Å². The highest BCUT2D eigenvalue weighted by Crippen LogP contribution is 2.20. The normalized spacial score (nSPS) is 10.6. The molecule has 1 amide bonds. The summed E-state index contributed by atoms with van der Waals surface area (Å²) in [4.78, 5) is 27.9. The highest BCUT2D eigenvalue weighted by Gasteiger charge is 2.15. The maximum absolute atomic E-state index is 13.0. The van der Waals surface area contributed by atoms with Crippen molar-refractivity contribution in [3.05, 3.63) is 59.4 Å². The summed E-state index contributed by atoms with van der Waals surface area (Å²) in [5.41, 5.74) is 1.67. The number of halogens is 1. The van der Waals surface area contributed by atoms with Gasteiger partial charge in [0.1, 0.15) is 5.82 Å². The van der Waals surface area contributed by atoms with Crippen LogP contribution in [0.15, 0.2) is 42.5 Å². The van der Waals surface area contributed by atoms with Crippen LogP contribution in [0, 0.1) is 5.82 Å². The van der Waals surface area contributed by atoms with Gasteiger partial charge in [-0.3, -0.25) is 10.1 Å². The zero-order valence-corrected chi connectivity index (χ0v) is 12.6. The molecule has 0 atom stereocenters. The van der Waals surface area contributed by atoms with Crippen molar-refractivity contribution in [2.75, 3.05) is 18.3 Å². The molecule has 0 aliphatic rings. The van der Waals surface area contributed by atoms with Crippen LogP contribution in [-0.4, -0.2) is 28.6 Å². The first-order valence-electron chi connectivity index (χ1n) is 6.92. The molecule has 0 bridgehead atoms. The highest BCUT2D eigenvalue weighted by atomic mass is 19.1. The number of nitrogen functional groups attached to an aromatic ring is 1. The lowest BCUT2D eigenvalue weighted by molar-refractivity contribution is 0.103. The van der Waals surface area contributed by atoms with Crippen LogP contribution in [0.4, 0.5) is 15.1 Å². The fourth-order valence-electron chi connectivity index (χ4n) is 2.23. The number of carbonyl (C=O) groups is 2. The Bertz CT molecular complexity index is 934. The number of hydrogen-bond donors (Lipinski definition) is 2. The fourth-order valence-corrected chi connectivity index (χ4v) is 2.23. The minimum atomic E-state index is -0.709. The van der Waals surface area contributed by atoms with Crippen LogP contribution in [0.1, 0.15) is 15.9 Å². The van der Waals surface area contributed by atoms with E-state index in [-0.39, 0.29) is 11.7 Å². The number of amides is 1. The van der Waals surface area contributed by atoms with E-state index in [1.807, 2.05) is 0 Å². The molecule has 0 aliphatic carbocycles. The number of rotatable bonds is 3. The van der Waals surface area contributed by atoms with Crippen molar-refractivity contribution in [2.24, 2.45) is 0 Å². The molecule has 3 rings (SSSR count). The van der Waals surface area contributed by atoms with Gasteiger partial charge >= 0.3 is 6.09 Å². The van der Waals surface area contributed by atoms with Crippen LogP contribution in [0.2, 0.25) is 0 Å². The summed E-state index contributed by atoms with van der Waals surface area (Å²) in [5.74, 6) is 5.29. The first-order chi connectivity index (χ1) is 11.5. The van der Waals surface area contributed by atoms with Crippen LogP contribution in [0.3, 0.4) is 0 Å². The maximum atomic E-state index is 13.0. The Balaban J connectivity index is 1.98. The first-order valence-corrected chi connectivity index (χ1v) is 6.92. The first kappa shape index (κ1) is 15.5. The zero-order chi connectivity index (χ0) is 17.3. The fraction of sp³-hybridized carbons (Fsp3) is 0.0625. The highest BCUT2D eigenvalue weighted by molar-refractivity contribution is 6.10. The number of nitrogens with two attached hydrogens (primary N) is 1. The molecule has 0 radical (unpaired) electrons. The van der Waals surface area contributed by atoms with E-state index in [9.17, 15) is 14.0 Å². The van der Waals surface area contributed by atoms with E-state index in [4.69, 9.17) is 5.84 Å². The second-order valence-corrected chi connectivity index (χ2v) is 4.96. The van der Waals surface area contributed by atoms with Gasteiger partial charge in [-0.2, -0.15) is 0 Å². The topological polar surface area (TPSA) is 99.2 Å². The molecule has 1 heterocycles. The number of imidazole rings is 1. The van der Waals surface area contributed by atoms with Crippen LogP contribution in [0.25, 0.3) is 11.0 Å². The molecular formula is C16H13FN4O3. The Hall–Kier alpha value is -3.42. The number of nitrogens with one attached hydrogen (secondary N) is 1. The van der Waals surface area contributed by atoms with Crippen molar-refractivity contribution < 1.29 is 18.7 Å². The number of hydrogen-bond acceptors (Lipinski definition) is 5. The molecule has 122 valence electrons. The molecule has 8 heteroatoms. The van der Waals surface area contributed by atoms with E-state index in [0.717, 1.165) is 4.68 Å². The molecule has 0 saturated heterocycles. The summed E-state index contributed by atoms with van der Waals surface area (Å²) in [6.07, 6.45) is -0.709. The summed E-state index contributed by atoms with van der Waals surface area (Å²) < 4.78 is 18.6. The van der Waals surface area contributed by atoms with E-state index in [1.165, 1.54) is 31.4 Å². The van der Waals surface area contributed by atoms with E-state index < -0.39 is 11.9 Å². The van der Waals surface area contributed by atoms with E-state index in [2.05, 4.69) is 15.0 Å². The predicted molar refractivity (Wildman–Crippen MR) is 85.7 cm³/mol. The molecule has 3 N–H and O–H groups in total. The Morgan fingerprint density at radius 3 is 2.50 bits per heavy atom. The molecule has 3 aromatic rings. The Kier molecular flexibility index (Phi) is 3.87. The third-order valence-electron chi connectivity index (χ3n) is 3.46. The van der Waals surface area contributed by atoms with E-state index in [1.54, 1.807) is 18.2 Å². The van der Waals surface area contributed by atoms with Gasteiger partial charge < -0.3 is 10.6 Å². The molecule has 0 unspecified atom stereocenters. The van der Waals surface area contributed by atoms with E-state index in [0.29, 0.717) is 22.2 Å². The summed E-state index contributed by atoms with van der Waals surface area (Å²) in [6.45, 7) is 0. The quantitative estimate of drug-likeness (QED) is 0.568. The third-order valence-corrected chi connectivity index (χ3v) is 3.46. The average molecular weight is 328 g/mol. The monoisotopic (exact) mass is 328 g/mol. The van der Waals surface area contributed by atoms with Gasteiger partial charge in [0, 0.05) is 11.1 Å². The van der Waals surface area contributed by atoms with Crippen molar-refractivity contribution in [1.82, 2.24) is 9.66 Å². The minimum Gasteiger partial charge on any atom is -0.453 e. The summed E-state index contributed by atoms with van der Waals surface area (Å²) >= 11 is 0. The lowest BCUT2D eigenvalue weighted by Crippen LogP contribution is -2.19. The Morgan fingerprint density at radius 1 is 1.17 bits per heavy atom. The van der Waals surface area contributed by atoms with Crippen molar-refractivity contribution in [2.45, 2.75) is 0 Å². The molecule has 24 heavy (non-hydrogen) atoms. The minimum absolute atomic E-state index is 0.0863. The SMILES string of the molecule is COC(=O)Nc1nc2ccc(C(=O)c3ccc(F)cc3)cc2n1N. The largest absolute Gasteiger partial charge is 0.453 e. The van der Waals surface area contributed by atoms with Crippen molar-refractivity contribution in [3.8, 4) is 0 Å². The molecular weight excluding hydrogens is 315 g/mol. The lowest BCUT2D eigenvalue weighted by atomic mass is 10.0. The van der Waals surface area contributed by atoms with Crippen molar-refractivity contribution in [1.29, 1.82) is 0 Å². The number of benzene rings is 2. The number of methoxy groups -OCH3 is 1. The van der Waals surface area contributed by atoms with Gasteiger partial charge in [-0.05, 0) is 42.5 Å². The number of aromatic nitrogens is 2. The van der Waals surface area contributed by atoms with Crippen molar-refractivity contribution in [3.63, 3.8) is 0 Å². The maximum Gasteiger partial charge on any atom is 0.413 e. The molecule has 2 aromatic carbocycles. The second kappa shape index (κ2) is 5.99. The molecule has 0 fully saturated rings. The number of nitrogens with zero attached hydrogens (tertiary/aromatic N) is 2. The number of anilines is 1. The summed E-state index contributed by atoms with van der Waals surface area (Å²) in [5, 5.41) is 2.38. The predicted octanol–water partition coefficient (Wildman–Crippen LogP) is 2.30. The number of ketones is 1. The van der Waals surface area contributed by atoms with Crippen LogP contribution in [0.5, 0.6) is 0 Å². The molecule has 1 aromatic heterocycles. The lowest BCUT2D eigenvalue weighted by Gasteiger charge is -2.04. The van der Waals surface area contributed by atoms with Gasteiger partial charge in [-0.1, -0.05) is 0 Å². The zero-order valence-electron chi connectivity index (χ0n) is 12.6. The standard InChI is InChI=1S/C16H13FN4O3/c1-24-16(23)20-15-19-12-7-4-10(8-13(12)21(15)18)14(22)9-2-5-11(17)6-3-9/h2-8H,18H2,1H3,(H,19,20,23). The van der Waals surface area contributed by atoms with E-state index >= 15 is 0 Å². The van der Waals surface area contributed by atoms with Gasteiger partial charge in [-0.15, -0.1) is 0 Å². The van der Waals surface area contributed by atoms with Gasteiger partial charge in [0.25, 0.3) is 0 Å². The van der Waals surface area contributed by atoms with Gasteiger partial charge in [0.2, 0.25) is 5.95 Å². The van der Waals surface area contributed by atoms with Gasteiger partial charge in [-0.25, -0.2) is 18.8 Å². The Labute approximate surface area is 135 Å². The van der Waals surface area contributed by atoms with Gasteiger partial charge in [0.15, 0.2) is 5.78 Å². The molecule has 0 spiro atoms. The molecule has 0 aliphatic heterocycles. The third kappa shape index (κ3) is 2.76. The molecule has 0 saturated carbocycles. The molecule has 7 nitrogen and oxygen atoms in total. The Morgan fingerprint density at radius 2 is 1.83 bits per heavy atom. The number of carbonyl (C=O) groups excluding carboxylic acids is 2. The average Bonchev–Trinajstić information content (AvgIpc) is 2.90. The smallest absolute Gasteiger partial charge is 0.413 e. The second-order valence-electron chi connectivity index (χ2n) is 4.96. The summed E-state index contributed by atoms with van der Waals surface area (Å²) in [6, 6.07) is 10.0. The van der Waals surface area contributed by atoms with Crippen LogP contribution < -0.4 is 11.2 Å². The number of fused-ring (bicyclic) bond motifs is 1. The van der Waals surface area contributed by atoms with Crippen LogP contribution >= 0.6 is 0 Å². The van der Waals surface area contributed by atoms with Crippen LogP contribution in [-0.2, 0) is 4.74 Å². The number of ether oxygens (including phenoxy) is 1. The van der Waals surface area contributed by atoms with Gasteiger partial charge in [0.05, 0.1) is 18.1 Å². The summed E-state index contributed by atoms with van der Waals surface area (Å²) in [7, 11) is 1.22.